The van der Waals surface area contributed by atoms with E-state index in [-0.39, 0.29) is 24.3 Å². The molecule has 2 heterocycles. The van der Waals surface area contributed by atoms with Gasteiger partial charge in [0.2, 0.25) is 5.91 Å². The van der Waals surface area contributed by atoms with Gasteiger partial charge in [0.15, 0.2) is 0 Å². The third-order valence-corrected chi connectivity index (χ3v) is 5.93. The molecule has 7 nitrogen and oxygen atoms in total. The average Bonchev–Trinajstić information content (AvgIpc) is 3.39. The summed E-state index contributed by atoms with van der Waals surface area (Å²) in [4.78, 5) is 33.0. The minimum atomic E-state index is -0.161. The zero-order chi connectivity index (χ0) is 21.8. The lowest BCUT2D eigenvalue weighted by Gasteiger charge is -2.20. The summed E-state index contributed by atoms with van der Waals surface area (Å²) in [5.74, 6) is 0.883. The van der Waals surface area contributed by atoms with Crippen LogP contribution in [0.4, 0.5) is 0 Å². The molecule has 0 spiro atoms. The number of hydrogen-bond acceptors (Lipinski definition) is 5. The Morgan fingerprint density at radius 3 is 2.61 bits per heavy atom. The van der Waals surface area contributed by atoms with Gasteiger partial charge in [0.25, 0.3) is 0 Å². The van der Waals surface area contributed by atoms with Crippen molar-refractivity contribution in [3.63, 3.8) is 0 Å². The molecule has 0 aromatic carbocycles. The number of aryl methyl sites for hydroxylation is 2. The lowest BCUT2D eigenvalue weighted by molar-refractivity contribution is -0.144. The van der Waals surface area contributed by atoms with Gasteiger partial charge in [-0.25, -0.2) is 4.98 Å². The van der Waals surface area contributed by atoms with Gasteiger partial charge < -0.3 is 19.1 Å². The van der Waals surface area contributed by atoms with Crippen LogP contribution in [0.15, 0.2) is 12.4 Å². The molecule has 1 amide bonds. The predicted octanol–water partition coefficient (Wildman–Crippen LogP) is 3.69. The van der Waals surface area contributed by atoms with E-state index in [4.69, 9.17) is 4.74 Å². The van der Waals surface area contributed by atoms with Gasteiger partial charge in [-0.05, 0) is 26.9 Å². The minimum Gasteiger partial charge on any atom is -0.466 e. The fourth-order valence-corrected chi connectivity index (χ4v) is 3.89. The van der Waals surface area contributed by atoms with Crippen molar-refractivity contribution in [2.75, 3.05) is 33.8 Å². The summed E-state index contributed by atoms with van der Waals surface area (Å²) in [6.07, 6.45) is 13.1. The van der Waals surface area contributed by atoms with Gasteiger partial charge in [0, 0.05) is 50.9 Å². The molecule has 31 heavy (non-hydrogen) atoms. The SMILES string of the molecule is CCCCCCCCOC(=O)CCn1ccnc1CCC(=O)N1CC[C@H](N(C)C)C1.Cl. The molecule has 0 aliphatic carbocycles. The molecule has 1 aliphatic heterocycles. The first-order valence-electron chi connectivity index (χ1n) is 11.6. The Morgan fingerprint density at radius 1 is 1.16 bits per heavy atom. The number of esters is 1. The van der Waals surface area contributed by atoms with Crippen molar-refractivity contribution in [3.8, 4) is 0 Å². The van der Waals surface area contributed by atoms with E-state index < -0.39 is 0 Å². The molecular weight excluding hydrogens is 416 g/mol. The Hall–Kier alpha value is -1.60. The normalized spacial score (nSPS) is 15.9. The highest BCUT2D eigenvalue weighted by molar-refractivity contribution is 5.85. The van der Waals surface area contributed by atoms with Crippen LogP contribution in [0.5, 0.6) is 0 Å². The Kier molecular flexibility index (Phi) is 13.5. The lowest BCUT2D eigenvalue weighted by atomic mass is 10.1. The van der Waals surface area contributed by atoms with Crippen LogP contribution in [-0.4, -0.2) is 71.1 Å². The average molecular weight is 457 g/mol. The number of hydrogen-bond donors (Lipinski definition) is 0. The van der Waals surface area contributed by atoms with E-state index in [2.05, 4.69) is 30.9 Å². The third kappa shape index (κ3) is 10.0. The van der Waals surface area contributed by atoms with Gasteiger partial charge in [-0.2, -0.15) is 0 Å². The molecule has 0 radical (unpaired) electrons. The molecule has 1 aromatic heterocycles. The second-order valence-electron chi connectivity index (χ2n) is 8.52. The smallest absolute Gasteiger partial charge is 0.307 e. The first kappa shape index (κ1) is 27.4. The molecule has 1 aromatic rings. The number of nitrogens with zero attached hydrogens (tertiary/aromatic N) is 4. The molecule has 1 atom stereocenters. The second kappa shape index (κ2) is 15.2. The van der Waals surface area contributed by atoms with E-state index in [9.17, 15) is 9.59 Å². The second-order valence-corrected chi connectivity index (χ2v) is 8.52. The molecule has 178 valence electrons. The third-order valence-electron chi connectivity index (χ3n) is 5.93. The van der Waals surface area contributed by atoms with Crippen LogP contribution in [0.3, 0.4) is 0 Å². The van der Waals surface area contributed by atoms with Crippen LogP contribution < -0.4 is 0 Å². The maximum Gasteiger partial charge on any atom is 0.307 e. The number of unbranched alkanes of at least 4 members (excludes halogenated alkanes) is 5. The molecule has 0 N–H and O–H groups in total. The van der Waals surface area contributed by atoms with Crippen molar-refractivity contribution in [1.29, 1.82) is 0 Å². The first-order chi connectivity index (χ1) is 14.5. The quantitative estimate of drug-likeness (QED) is 0.315. The largest absolute Gasteiger partial charge is 0.466 e. The van der Waals surface area contributed by atoms with E-state index in [1.54, 1.807) is 6.20 Å². The van der Waals surface area contributed by atoms with Crippen LogP contribution in [0, 0.1) is 0 Å². The van der Waals surface area contributed by atoms with Crippen molar-refractivity contribution in [3.05, 3.63) is 18.2 Å². The Bertz CT molecular complexity index is 651. The van der Waals surface area contributed by atoms with Gasteiger partial charge in [-0.15, -0.1) is 12.4 Å². The summed E-state index contributed by atoms with van der Waals surface area (Å²) in [7, 11) is 4.13. The Morgan fingerprint density at radius 2 is 1.90 bits per heavy atom. The van der Waals surface area contributed by atoms with E-state index in [1.165, 1.54) is 25.7 Å². The number of halogens is 1. The van der Waals surface area contributed by atoms with Crippen molar-refractivity contribution in [1.82, 2.24) is 19.4 Å². The molecule has 0 unspecified atom stereocenters. The van der Waals surface area contributed by atoms with E-state index in [1.807, 2.05) is 15.7 Å². The highest BCUT2D eigenvalue weighted by Crippen LogP contribution is 2.15. The molecular formula is C23H41ClN4O3. The molecule has 1 fully saturated rings. The number of likely N-dealkylation sites (tertiary alicyclic amines) is 1. The van der Waals surface area contributed by atoms with E-state index in [0.717, 1.165) is 38.2 Å². The molecule has 1 aliphatic rings. The van der Waals surface area contributed by atoms with Crippen molar-refractivity contribution in [2.45, 2.75) is 83.7 Å². The van der Waals surface area contributed by atoms with E-state index >= 15 is 0 Å². The number of likely N-dealkylation sites (N-methyl/N-ethyl adjacent to an activating group) is 1. The highest BCUT2D eigenvalue weighted by Gasteiger charge is 2.27. The zero-order valence-corrected chi connectivity index (χ0v) is 20.4. The summed E-state index contributed by atoms with van der Waals surface area (Å²) < 4.78 is 7.31. The van der Waals surface area contributed by atoms with Crippen LogP contribution >= 0.6 is 12.4 Å². The topological polar surface area (TPSA) is 67.7 Å². The van der Waals surface area contributed by atoms with Crippen LogP contribution in [-0.2, 0) is 27.3 Å². The first-order valence-corrected chi connectivity index (χ1v) is 11.6. The van der Waals surface area contributed by atoms with Crippen LogP contribution in [0.1, 0.15) is 70.5 Å². The number of carbonyl (C=O) groups is 2. The summed E-state index contributed by atoms with van der Waals surface area (Å²) in [5.41, 5.74) is 0. The van der Waals surface area contributed by atoms with Crippen molar-refractivity contribution in [2.24, 2.45) is 0 Å². The minimum absolute atomic E-state index is 0. The lowest BCUT2D eigenvalue weighted by Crippen LogP contribution is -2.34. The Balaban J connectivity index is 0.00000480. The van der Waals surface area contributed by atoms with Gasteiger partial charge in [-0.3, -0.25) is 9.59 Å². The molecule has 2 rings (SSSR count). The summed E-state index contributed by atoms with van der Waals surface area (Å²) in [5, 5.41) is 0. The maximum atomic E-state index is 12.5. The predicted molar refractivity (Wildman–Crippen MR) is 125 cm³/mol. The summed E-state index contributed by atoms with van der Waals surface area (Å²) >= 11 is 0. The standard InChI is InChI=1S/C23H40N4O3.ClH/c1-4-5-6-7-8-9-18-30-23(29)13-16-26-17-14-24-21(26)10-11-22(28)27-15-12-20(19-27)25(2)3;/h14,17,20H,4-13,15-16,18-19H2,1-3H3;1H/t20-;/m0./s1. The molecule has 1 saturated heterocycles. The van der Waals surface area contributed by atoms with Crippen molar-refractivity contribution >= 4 is 24.3 Å². The zero-order valence-electron chi connectivity index (χ0n) is 19.6. The fraction of sp³-hybridized carbons (Fsp3) is 0.783. The van der Waals surface area contributed by atoms with E-state index in [0.29, 0.717) is 38.5 Å². The number of amides is 1. The molecule has 0 bridgehead atoms. The van der Waals surface area contributed by atoms with Gasteiger partial charge in [-0.1, -0.05) is 39.0 Å². The fourth-order valence-electron chi connectivity index (χ4n) is 3.89. The van der Waals surface area contributed by atoms with Crippen LogP contribution in [0.25, 0.3) is 0 Å². The number of rotatable bonds is 14. The van der Waals surface area contributed by atoms with Crippen LogP contribution in [0.2, 0.25) is 0 Å². The summed E-state index contributed by atoms with van der Waals surface area (Å²) in [6, 6.07) is 0.457. The summed E-state index contributed by atoms with van der Waals surface area (Å²) in [6.45, 7) is 4.91. The maximum absolute atomic E-state index is 12.5. The van der Waals surface area contributed by atoms with Crippen molar-refractivity contribution < 1.29 is 14.3 Å². The number of carbonyl (C=O) groups excluding carboxylic acids is 2. The number of imidazole rings is 1. The molecule has 0 saturated carbocycles. The Labute approximate surface area is 193 Å². The van der Waals surface area contributed by atoms with Gasteiger partial charge >= 0.3 is 5.97 Å². The highest BCUT2D eigenvalue weighted by atomic mass is 35.5. The number of aromatic nitrogens is 2. The van der Waals surface area contributed by atoms with Gasteiger partial charge in [0.1, 0.15) is 5.82 Å². The van der Waals surface area contributed by atoms with Gasteiger partial charge in [0.05, 0.1) is 13.0 Å². The monoisotopic (exact) mass is 456 g/mol. The number of ether oxygens (including phenoxy) is 1. The molecule has 8 heteroatoms.